The van der Waals surface area contributed by atoms with E-state index in [2.05, 4.69) is 17.9 Å². The number of aliphatic hydroxyl groups is 2. The summed E-state index contributed by atoms with van der Waals surface area (Å²) < 4.78 is 9.85. The van der Waals surface area contributed by atoms with E-state index in [-0.39, 0.29) is 24.7 Å². The minimum Gasteiger partial charge on any atom is -0.474 e. The fourth-order valence-corrected chi connectivity index (χ4v) is 2.44. The number of aliphatic hydroxyl groups excluding tert-OH is 2. The van der Waals surface area contributed by atoms with Crippen LogP contribution >= 0.6 is 0 Å². The topological polar surface area (TPSA) is 58.9 Å². The van der Waals surface area contributed by atoms with Crippen LogP contribution in [0.2, 0.25) is 0 Å². The quantitative estimate of drug-likeness (QED) is 0.710. The van der Waals surface area contributed by atoms with E-state index in [1.807, 2.05) is 0 Å². The van der Waals surface area contributed by atoms with Crippen LogP contribution in [0.4, 0.5) is 0 Å². The summed E-state index contributed by atoms with van der Waals surface area (Å²) >= 11 is 0. The van der Waals surface area contributed by atoms with Gasteiger partial charge >= 0.3 is 0 Å². The first-order chi connectivity index (χ1) is 7.72. The maximum atomic E-state index is 9.15. The van der Waals surface area contributed by atoms with Crippen molar-refractivity contribution in [2.24, 2.45) is 5.41 Å². The van der Waals surface area contributed by atoms with E-state index < -0.39 is 0 Å². The lowest BCUT2D eigenvalue weighted by Crippen LogP contribution is -2.37. The second-order valence-electron chi connectivity index (χ2n) is 4.16. The zero-order valence-corrected chi connectivity index (χ0v) is 9.47. The molecule has 3 unspecified atom stereocenters. The molecular weight excluding hydrogens is 208 g/mol. The van der Waals surface area contributed by atoms with Crippen LogP contribution in [0.25, 0.3) is 0 Å². The SMILES string of the molecule is C=COC=C.OCC1OC2CCC1(CO)C2. The summed E-state index contributed by atoms with van der Waals surface area (Å²) in [7, 11) is 0. The van der Waals surface area contributed by atoms with Gasteiger partial charge in [0.25, 0.3) is 0 Å². The third kappa shape index (κ3) is 2.64. The van der Waals surface area contributed by atoms with Gasteiger partial charge in [-0.3, -0.25) is 0 Å². The van der Waals surface area contributed by atoms with E-state index in [4.69, 9.17) is 14.9 Å². The van der Waals surface area contributed by atoms with Gasteiger partial charge in [0.05, 0.1) is 37.9 Å². The Bertz CT molecular complexity index is 235. The molecule has 4 heteroatoms. The van der Waals surface area contributed by atoms with E-state index in [1.165, 1.54) is 12.5 Å². The molecule has 0 aromatic heterocycles. The Kier molecular flexibility index (Phi) is 4.99. The molecule has 2 aliphatic rings. The second-order valence-corrected chi connectivity index (χ2v) is 4.16. The average molecular weight is 228 g/mol. The molecule has 2 rings (SSSR count). The number of hydrogen-bond donors (Lipinski definition) is 2. The van der Waals surface area contributed by atoms with Crippen LogP contribution in [0, 0.1) is 5.41 Å². The Hall–Kier alpha value is -0.840. The van der Waals surface area contributed by atoms with Crippen LogP contribution in [0.1, 0.15) is 19.3 Å². The van der Waals surface area contributed by atoms with Crippen molar-refractivity contribution in [2.75, 3.05) is 13.2 Å². The van der Waals surface area contributed by atoms with Gasteiger partial charge in [-0.15, -0.1) is 0 Å². The van der Waals surface area contributed by atoms with Crippen molar-refractivity contribution in [1.82, 2.24) is 0 Å². The molecule has 2 bridgehead atoms. The first-order valence-corrected chi connectivity index (χ1v) is 5.47. The average Bonchev–Trinajstić information content (AvgIpc) is 2.88. The summed E-state index contributed by atoms with van der Waals surface area (Å²) in [4.78, 5) is 0. The van der Waals surface area contributed by atoms with E-state index in [0.717, 1.165) is 19.3 Å². The molecule has 0 radical (unpaired) electrons. The molecule has 3 atom stereocenters. The Labute approximate surface area is 96.2 Å². The van der Waals surface area contributed by atoms with Crippen LogP contribution in [-0.4, -0.2) is 35.6 Å². The first kappa shape index (κ1) is 13.2. The maximum Gasteiger partial charge on any atom is 0.0888 e. The molecule has 0 amide bonds. The monoisotopic (exact) mass is 228 g/mol. The lowest BCUT2D eigenvalue weighted by atomic mass is 9.82. The van der Waals surface area contributed by atoms with Gasteiger partial charge < -0.3 is 19.7 Å². The number of fused-ring (bicyclic) bond motifs is 2. The molecule has 16 heavy (non-hydrogen) atoms. The molecule has 1 saturated heterocycles. The predicted octanol–water partition coefficient (Wildman–Crippen LogP) is 1.20. The third-order valence-electron chi connectivity index (χ3n) is 3.31. The highest BCUT2D eigenvalue weighted by Gasteiger charge is 2.52. The van der Waals surface area contributed by atoms with Crippen LogP contribution in [-0.2, 0) is 9.47 Å². The molecule has 1 saturated carbocycles. The van der Waals surface area contributed by atoms with Crippen molar-refractivity contribution >= 4 is 0 Å². The van der Waals surface area contributed by atoms with Gasteiger partial charge in [-0.25, -0.2) is 0 Å². The van der Waals surface area contributed by atoms with Gasteiger partial charge in [-0.05, 0) is 19.3 Å². The standard InChI is InChI=1S/C8H14O3.C4H6O/c9-4-7-8(5-10)2-1-6(3-8)11-7;1-3-5-4-2/h6-7,9-10H,1-5H2;3-4H,1-2H2. The molecule has 0 spiro atoms. The Morgan fingerprint density at radius 3 is 2.38 bits per heavy atom. The van der Waals surface area contributed by atoms with E-state index >= 15 is 0 Å². The van der Waals surface area contributed by atoms with Crippen LogP contribution in [0.15, 0.2) is 25.7 Å². The van der Waals surface area contributed by atoms with Gasteiger partial charge in [-0.2, -0.15) is 0 Å². The highest BCUT2D eigenvalue weighted by molar-refractivity contribution is 5.00. The number of rotatable bonds is 4. The molecule has 1 aliphatic carbocycles. The molecule has 1 aliphatic heterocycles. The summed E-state index contributed by atoms with van der Waals surface area (Å²) in [5.74, 6) is 0. The second kappa shape index (κ2) is 6.03. The molecule has 4 nitrogen and oxygen atoms in total. The smallest absolute Gasteiger partial charge is 0.0888 e. The molecule has 0 aromatic rings. The normalized spacial score (nSPS) is 35.1. The highest BCUT2D eigenvalue weighted by atomic mass is 16.5. The van der Waals surface area contributed by atoms with Crippen LogP contribution in [0.5, 0.6) is 0 Å². The fourth-order valence-electron chi connectivity index (χ4n) is 2.44. The molecular formula is C12H20O4. The molecule has 2 N–H and O–H groups in total. The zero-order chi connectivity index (χ0) is 12.0. The Balaban J connectivity index is 0.000000221. The summed E-state index contributed by atoms with van der Waals surface area (Å²) in [6.45, 7) is 6.73. The molecule has 0 aromatic carbocycles. The van der Waals surface area contributed by atoms with Crippen molar-refractivity contribution < 1.29 is 19.7 Å². The first-order valence-electron chi connectivity index (χ1n) is 5.47. The minimum atomic E-state index is -0.105. The van der Waals surface area contributed by atoms with Crippen molar-refractivity contribution in [3.8, 4) is 0 Å². The maximum absolute atomic E-state index is 9.15. The van der Waals surface area contributed by atoms with Crippen molar-refractivity contribution in [3.63, 3.8) is 0 Å². The summed E-state index contributed by atoms with van der Waals surface area (Å²) in [6, 6.07) is 0. The largest absolute Gasteiger partial charge is 0.474 e. The summed E-state index contributed by atoms with van der Waals surface area (Å²) in [5, 5.41) is 18.1. The summed E-state index contributed by atoms with van der Waals surface area (Å²) in [5.41, 5.74) is -0.0978. The fraction of sp³-hybridized carbons (Fsp3) is 0.667. The van der Waals surface area contributed by atoms with E-state index in [9.17, 15) is 0 Å². The van der Waals surface area contributed by atoms with Crippen molar-refractivity contribution in [2.45, 2.75) is 31.5 Å². The molecule has 1 heterocycles. The lowest BCUT2D eigenvalue weighted by Gasteiger charge is -2.30. The Morgan fingerprint density at radius 2 is 2.06 bits per heavy atom. The van der Waals surface area contributed by atoms with Crippen molar-refractivity contribution in [1.29, 1.82) is 0 Å². The van der Waals surface area contributed by atoms with Gasteiger partial charge in [0.15, 0.2) is 0 Å². The number of hydrogen-bond acceptors (Lipinski definition) is 4. The minimum absolute atomic E-state index is 0.0526. The van der Waals surface area contributed by atoms with Crippen LogP contribution < -0.4 is 0 Å². The van der Waals surface area contributed by atoms with Gasteiger partial charge in [-0.1, -0.05) is 13.2 Å². The van der Waals surface area contributed by atoms with Gasteiger partial charge in [0.1, 0.15) is 0 Å². The van der Waals surface area contributed by atoms with Gasteiger partial charge in [0.2, 0.25) is 0 Å². The summed E-state index contributed by atoms with van der Waals surface area (Å²) in [6.07, 6.45) is 5.83. The lowest BCUT2D eigenvalue weighted by molar-refractivity contribution is -0.0714. The van der Waals surface area contributed by atoms with E-state index in [0.29, 0.717) is 6.10 Å². The van der Waals surface area contributed by atoms with Gasteiger partial charge in [0, 0.05) is 5.41 Å². The third-order valence-corrected chi connectivity index (χ3v) is 3.31. The molecule has 92 valence electrons. The van der Waals surface area contributed by atoms with Crippen molar-refractivity contribution in [3.05, 3.63) is 25.7 Å². The Morgan fingerprint density at radius 1 is 1.38 bits per heavy atom. The van der Waals surface area contributed by atoms with E-state index in [1.54, 1.807) is 0 Å². The zero-order valence-electron chi connectivity index (χ0n) is 9.47. The predicted molar refractivity (Wildman–Crippen MR) is 60.6 cm³/mol. The molecule has 2 fully saturated rings. The van der Waals surface area contributed by atoms with Crippen LogP contribution in [0.3, 0.4) is 0 Å². The highest BCUT2D eigenvalue weighted by Crippen LogP contribution is 2.49. The number of ether oxygens (including phenoxy) is 2.